The average Bonchev–Trinajstić information content (AvgIpc) is 3.07. The van der Waals surface area contributed by atoms with Gasteiger partial charge < -0.3 is 4.48 Å². The van der Waals surface area contributed by atoms with Crippen molar-refractivity contribution in [1.29, 1.82) is 0 Å². The fourth-order valence-electron chi connectivity index (χ4n) is 3.83. The lowest BCUT2D eigenvalue weighted by Gasteiger charge is -2.40. The van der Waals surface area contributed by atoms with Crippen LogP contribution in [0.15, 0.2) is 0 Å². The van der Waals surface area contributed by atoms with Crippen molar-refractivity contribution < 1.29 is 4.48 Å². The van der Waals surface area contributed by atoms with E-state index in [1.165, 1.54) is 49.7 Å². The van der Waals surface area contributed by atoms with Crippen LogP contribution in [0.25, 0.3) is 0 Å². The molecule has 0 heterocycles. The highest BCUT2D eigenvalue weighted by Crippen LogP contribution is 2.47. The van der Waals surface area contributed by atoms with Crippen molar-refractivity contribution in [3.8, 4) is 0 Å². The monoisotopic (exact) mass is 254 g/mol. The fourth-order valence-corrected chi connectivity index (χ4v) is 3.83. The topological polar surface area (TPSA) is 0 Å². The van der Waals surface area contributed by atoms with E-state index in [1.807, 2.05) is 0 Å². The van der Waals surface area contributed by atoms with Crippen molar-refractivity contribution >= 4 is 0 Å². The Kier molecular flexibility index (Phi) is 6.17. The van der Waals surface area contributed by atoms with E-state index in [4.69, 9.17) is 0 Å². The molecule has 0 amide bonds. The standard InChI is InChI=1S/C17H36N/c1-7-10-14(4)17-12-16(17)13-18(6,11-8-2)15(5)9-3/h14-17H,7-13H2,1-6H3/q+1. The molecule has 0 radical (unpaired) electrons. The third kappa shape index (κ3) is 3.98. The first kappa shape index (κ1) is 16.0. The van der Waals surface area contributed by atoms with Gasteiger partial charge in [0.15, 0.2) is 0 Å². The number of rotatable bonds is 9. The van der Waals surface area contributed by atoms with Crippen molar-refractivity contribution in [1.82, 2.24) is 0 Å². The zero-order valence-electron chi connectivity index (χ0n) is 13.7. The molecule has 0 aromatic rings. The molecular weight excluding hydrogens is 218 g/mol. The zero-order chi connectivity index (χ0) is 13.8. The van der Waals surface area contributed by atoms with Crippen LogP contribution in [-0.2, 0) is 0 Å². The molecule has 0 bridgehead atoms. The summed E-state index contributed by atoms with van der Waals surface area (Å²) in [5.74, 6) is 3.03. The van der Waals surface area contributed by atoms with Crippen LogP contribution in [0, 0.1) is 17.8 Å². The molecular formula is C17H36N+. The lowest BCUT2D eigenvalue weighted by molar-refractivity contribution is -0.933. The Morgan fingerprint density at radius 2 is 1.78 bits per heavy atom. The molecule has 1 aliphatic carbocycles. The van der Waals surface area contributed by atoms with E-state index >= 15 is 0 Å². The summed E-state index contributed by atoms with van der Waals surface area (Å²) in [6.07, 6.45) is 6.94. The molecule has 0 aromatic heterocycles. The lowest BCUT2D eigenvalue weighted by atomic mass is 9.98. The summed E-state index contributed by atoms with van der Waals surface area (Å²) in [7, 11) is 2.50. The largest absolute Gasteiger partial charge is 0.324 e. The number of nitrogens with zero attached hydrogens (tertiary/aromatic N) is 1. The minimum absolute atomic E-state index is 0.827. The van der Waals surface area contributed by atoms with Crippen LogP contribution in [0.1, 0.15) is 66.7 Å². The second kappa shape index (κ2) is 6.93. The Bertz CT molecular complexity index is 238. The number of hydrogen-bond donors (Lipinski definition) is 0. The molecule has 5 unspecified atom stereocenters. The Labute approximate surface area is 116 Å². The SMILES string of the molecule is CCCC(C)C1CC1C[N+](C)(CCC)C(C)CC. The second-order valence-electron chi connectivity index (χ2n) is 7.07. The third-order valence-corrected chi connectivity index (χ3v) is 5.49. The van der Waals surface area contributed by atoms with Gasteiger partial charge in [-0.15, -0.1) is 0 Å². The summed E-state index contributed by atoms with van der Waals surface area (Å²) >= 11 is 0. The molecule has 1 rings (SSSR count). The van der Waals surface area contributed by atoms with Gasteiger partial charge in [-0.25, -0.2) is 0 Å². The van der Waals surface area contributed by atoms with E-state index in [9.17, 15) is 0 Å². The van der Waals surface area contributed by atoms with Crippen molar-refractivity contribution in [2.75, 3.05) is 20.1 Å². The minimum Gasteiger partial charge on any atom is -0.324 e. The van der Waals surface area contributed by atoms with E-state index in [-0.39, 0.29) is 0 Å². The van der Waals surface area contributed by atoms with Crippen LogP contribution >= 0.6 is 0 Å². The zero-order valence-corrected chi connectivity index (χ0v) is 13.7. The van der Waals surface area contributed by atoms with Crippen LogP contribution in [-0.4, -0.2) is 30.7 Å². The van der Waals surface area contributed by atoms with Crippen molar-refractivity contribution in [3.63, 3.8) is 0 Å². The highest BCUT2D eigenvalue weighted by atomic mass is 15.4. The van der Waals surface area contributed by atoms with Gasteiger partial charge in [0.1, 0.15) is 0 Å². The summed E-state index contributed by atoms with van der Waals surface area (Å²) in [6.45, 7) is 14.7. The maximum absolute atomic E-state index is 2.50. The van der Waals surface area contributed by atoms with Crippen molar-refractivity contribution in [3.05, 3.63) is 0 Å². The molecule has 0 saturated heterocycles. The molecule has 1 heteroatoms. The lowest BCUT2D eigenvalue weighted by Crippen LogP contribution is -2.52. The number of hydrogen-bond acceptors (Lipinski definition) is 0. The van der Waals surface area contributed by atoms with Gasteiger partial charge in [-0.3, -0.25) is 0 Å². The molecule has 0 N–H and O–H groups in total. The molecule has 18 heavy (non-hydrogen) atoms. The predicted molar refractivity (Wildman–Crippen MR) is 81.6 cm³/mol. The Morgan fingerprint density at radius 3 is 2.28 bits per heavy atom. The van der Waals surface area contributed by atoms with E-state index in [0.717, 1.165) is 23.8 Å². The Morgan fingerprint density at radius 1 is 1.11 bits per heavy atom. The molecule has 0 aromatic carbocycles. The molecule has 1 saturated carbocycles. The summed E-state index contributed by atoms with van der Waals surface area (Å²) in [5, 5.41) is 0. The maximum Gasteiger partial charge on any atom is 0.0857 e. The van der Waals surface area contributed by atoms with Crippen LogP contribution in [0.3, 0.4) is 0 Å². The highest BCUT2D eigenvalue weighted by molar-refractivity contribution is 4.89. The van der Waals surface area contributed by atoms with E-state index < -0.39 is 0 Å². The predicted octanol–water partition coefficient (Wildman–Crippen LogP) is 4.71. The maximum atomic E-state index is 2.50. The third-order valence-electron chi connectivity index (χ3n) is 5.49. The molecule has 5 atom stereocenters. The van der Waals surface area contributed by atoms with Gasteiger partial charge in [-0.1, -0.05) is 40.5 Å². The van der Waals surface area contributed by atoms with E-state index in [2.05, 4.69) is 41.7 Å². The van der Waals surface area contributed by atoms with E-state index in [0.29, 0.717) is 0 Å². The Balaban J connectivity index is 2.49. The molecule has 1 aliphatic rings. The Hall–Kier alpha value is -0.0400. The highest BCUT2D eigenvalue weighted by Gasteiger charge is 2.45. The molecule has 0 aliphatic heterocycles. The first-order valence-electron chi connectivity index (χ1n) is 8.32. The van der Waals surface area contributed by atoms with Gasteiger partial charge in [-0.2, -0.15) is 0 Å². The van der Waals surface area contributed by atoms with Gasteiger partial charge in [0.25, 0.3) is 0 Å². The van der Waals surface area contributed by atoms with E-state index in [1.54, 1.807) is 0 Å². The quantitative estimate of drug-likeness (QED) is 0.523. The van der Waals surface area contributed by atoms with Crippen molar-refractivity contribution in [2.24, 2.45) is 17.8 Å². The normalized spacial score (nSPS) is 29.7. The first-order chi connectivity index (χ1) is 8.48. The van der Waals surface area contributed by atoms with Gasteiger partial charge in [0, 0.05) is 5.92 Å². The minimum atomic E-state index is 0.827. The van der Waals surface area contributed by atoms with Gasteiger partial charge in [0.2, 0.25) is 0 Å². The number of quaternary nitrogens is 1. The summed E-state index contributed by atoms with van der Waals surface area (Å²) < 4.78 is 1.31. The van der Waals surface area contributed by atoms with Gasteiger partial charge >= 0.3 is 0 Å². The van der Waals surface area contributed by atoms with Crippen LogP contribution < -0.4 is 0 Å². The summed E-state index contributed by atoms with van der Waals surface area (Å²) in [6, 6.07) is 0.827. The summed E-state index contributed by atoms with van der Waals surface area (Å²) in [4.78, 5) is 0. The average molecular weight is 254 g/mol. The molecule has 1 nitrogen and oxygen atoms in total. The van der Waals surface area contributed by atoms with Crippen LogP contribution in [0.5, 0.6) is 0 Å². The van der Waals surface area contributed by atoms with Crippen LogP contribution in [0.4, 0.5) is 0 Å². The molecule has 1 fully saturated rings. The molecule has 0 spiro atoms. The van der Waals surface area contributed by atoms with Crippen LogP contribution in [0.2, 0.25) is 0 Å². The van der Waals surface area contributed by atoms with Crippen molar-refractivity contribution in [2.45, 2.75) is 72.8 Å². The first-order valence-corrected chi connectivity index (χ1v) is 8.32. The second-order valence-corrected chi connectivity index (χ2v) is 7.07. The smallest absolute Gasteiger partial charge is 0.0857 e. The fraction of sp³-hybridized carbons (Fsp3) is 1.00. The summed E-state index contributed by atoms with van der Waals surface area (Å²) in [5.41, 5.74) is 0. The van der Waals surface area contributed by atoms with Gasteiger partial charge in [-0.05, 0) is 38.0 Å². The van der Waals surface area contributed by atoms with Gasteiger partial charge in [0.05, 0.1) is 26.2 Å². The molecule has 108 valence electrons.